The molecule has 11 heteroatoms. The van der Waals surface area contributed by atoms with Crippen molar-refractivity contribution in [2.45, 2.75) is 89.3 Å². The van der Waals surface area contributed by atoms with E-state index in [2.05, 4.69) is 42.9 Å². The molecule has 0 radical (unpaired) electrons. The van der Waals surface area contributed by atoms with Gasteiger partial charge in [-0.25, -0.2) is 13.2 Å². The fourth-order valence-electron chi connectivity index (χ4n) is 5.44. The van der Waals surface area contributed by atoms with Gasteiger partial charge in [-0.2, -0.15) is 0 Å². The lowest BCUT2D eigenvalue weighted by atomic mass is 9.93. The van der Waals surface area contributed by atoms with Crippen LogP contribution in [0.15, 0.2) is 41.3 Å². The van der Waals surface area contributed by atoms with Gasteiger partial charge in [0.15, 0.2) is 0 Å². The number of benzene rings is 2. The number of ether oxygens (including phenoxy) is 1. The predicted molar refractivity (Wildman–Crippen MR) is 156 cm³/mol. The van der Waals surface area contributed by atoms with Crippen LogP contribution in [0.1, 0.15) is 59.1 Å². The first-order valence-electron chi connectivity index (χ1n) is 13.9. The zero-order chi connectivity index (χ0) is 28.8. The van der Waals surface area contributed by atoms with E-state index in [1.54, 1.807) is 4.31 Å². The molecule has 0 amide bonds. The highest BCUT2D eigenvalue weighted by Gasteiger charge is 2.44. The summed E-state index contributed by atoms with van der Waals surface area (Å²) in [5.41, 5.74) is 4.20. The molecule has 0 bridgehead atoms. The average molecular weight is 583 g/mol. The quantitative estimate of drug-likeness (QED) is 0.326. The Labute approximate surface area is 237 Å². The van der Waals surface area contributed by atoms with Crippen LogP contribution < -0.4 is 9.04 Å². The topological polar surface area (TPSA) is 115 Å². The molecule has 1 fully saturated rings. The highest BCUT2D eigenvalue weighted by Crippen LogP contribution is 2.45. The Morgan fingerprint density at radius 1 is 1.12 bits per heavy atom. The molecule has 1 N–H and O–H groups in total. The van der Waals surface area contributed by atoms with Gasteiger partial charge in [0.25, 0.3) is 10.0 Å². The van der Waals surface area contributed by atoms with Crippen molar-refractivity contribution in [3.05, 3.63) is 64.5 Å². The van der Waals surface area contributed by atoms with E-state index in [9.17, 15) is 18.3 Å². The Morgan fingerprint density at radius 3 is 2.52 bits per heavy atom. The molecule has 1 aromatic heterocycles. The number of carboxylic acids is 1. The lowest BCUT2D eigenvalue weighted by Crippen LogP contribution is -2.45. The minimum atomic E-state index is -4.02. The normalized spacial score (nSPS) is 17.5. The van der Waals surface area contributed by atoms with Gasteiger partial charge in [-0.05, 0) is 80.3 Å². The van der Waals surface area contributed by atoms with Crippen molar-refractivity contribution in [3.8, 4) is 5.75 Å². The Balaban J connectivity index is 1.45. The minimum Gasteiger partial charge on any atom is -0.486 e. The second kappa shape index (κ2) is 10.7. The standard InChI is InChI=1S/C29H38N4O5SSi/c1-6-20-7-12-27-22(15-20)10-13-26(21-8-9-21)33(27)39(36,37)23-11-14-28(24(16-23)29(34)35)38-17-25-19(2)32(31-30-25)18-40(3,4)5/h7,11-12,14-16,21,26H,6,8-10,13,17-18H2,1-5H3,(H,34,35). The van der Waals surface area contributed by atoms with Gasteiger partial charge in [0.05, 0.1) is 24.4 Å². The summed E-state index contributed by atoms with van der Waals surface area (Å²) in [6, 6.07) is 9.98. The number of sulfonamides is 1. The number of fused-ring (bicyclic) bond motifs is 1. The van der Waals surface area contributed by atoms with Crippen LogP contribution in [0.5, 0.6) is 5.75 Å². The second-order valence-electron chi connectivity index (χ2n) is 12.2. The second-order valence-corrected chi connectivity index (χ2v) is 19.4. The van der Waals surface area contributed by atoms with Crippen molar-refractivity contribution in [1.82, 2.24) is 15.0 Å². The molecule has 1 aliphatic heterocycles. The first kappa shape index (κ1) is 28.3. The lowest BCUT2D eigenvalue weighted by Gasteiger charge is -2.38. The minimum absolute atomic E-state index is 0.0346. The molecule has 2 aromatic carbocycles. The molecule has 0 saturated heterocycles. The monoisotopic (exact) mass is 582 g/mol. The number of aromatic carboxylic acids is 1. The first-order chi connectivity index (χ1) is 18.9. The van der Waals surface area contributed by atoms with Crippen molar-refractivity contribution < 1.29 is 23.1 Å². The van der Waals surface area contributed by atoms with Crippen molar-refractivity contribution in [2.75, 3.05) is 4.31 Å². The Morgan fingerprint density at radius 2 is 1.88 bits per heavy atom. The number of hydrogen-bond acceptors (Lipinski definition) is 6. The maximum absolute atomic E-state index is 14.1. The molecule has 1 saturated carbocycles. The molecule has 40 heavy (non-hydrogen) atoms. The number of carbonyl (C=O) groups is 1. The summed E-state index contributed by atoms with van der Waals surface area (Å²) in [5.74, 6) is -0.833. The molecule has 9 nitrogen and oxygen atoms in total. The van der Waals surface area contributed by atoms with E-state index >= 15 is 0 Å². The number of hydrogen-bond donors (Lipinski definition) is 1. The van der Waals surface area contributed by atoms with Crippen molar-refractivity contribution in [1.29, 1.82) is 0 Å². The Bertz CT molecular complexity index is 1540. The third kappa shape index (κ3) is 5.67. The smallest absolute Gasteiger partial charge is 0.339 e. The molecule has 3 aromatic rings. The summed E-state index contributed by atoms with van der Waals surface area (Å²) in [4.78, 5) is 12.2. The number of rotatable bonds is 10. The van der Waals surface area contributed by atoms with Crippen LogP contribution in [0.2, 0.25) is 19.6 Å². The predicted octanol–water partition coefficient (Wildman–Crippen LogP) is 5.22. The third-order valence-corrected chi connectivity index (χ3v) is 10.9. The van der Waals surface area contributed by atoms with Crippen molar-refractivity contribution in [2.24, 2.45) is 5.92 Å². The van der Waals surface area contributed by atoms with Crippen molar-refractivity contribution in [3.63, 3.8) is 0 Å². The highest BCUT2D eigenvalue weighted by atomic mass is 32.2. The van der Waals surface area contributed by atoms with Crippen LogP contribution in [0, 0.1) is 12.8 Å². The lowest BCUT2D eigenvalue weighted by molar-refractivity contribution is 0.0691. The highest BCUT2D eigenvalue weighted by molar-refractivity contribution is 7.92. The summed E-state index contributed by atoms with van der Waals surface area (Å²) >= 11 is 0. The van der Waals surface area contributed by atoms with E-state index in [4.69, 9.17) is 4.74 Å². The molecule has 1 atom stereocenters. The van der Waals surface area contributed by atoms with Gasteiger partial charge in [0, 0.05) is 12.2 Å². The van der Waals surface area contributed by atoms with E-state index in [0.29, 0.717) is 17.3 Å². The number of carboxylic acid groups (broad SMARTS) is 1. The molecule has 1 aliphatic carbocycles. The van der Waals surface area contributed by atoms with E-state index in [1.807, 2.05) is 23.7 Å². The summed E-state index contributed by atoms with van der Waals surface area (Å²) in [6.07, 6.45) is 5.31. The van der Waals surface area contributed by atoms with Gasteiger partial charge < -0.3 is 9.84 Å². The number of anilines is 1. The third-order valence-electron chi connectivity index (χ3n) is 7.77. The fourth-order valence-corrected chi connectivity index (χ4v) is 8.44. The maximum Gasteiger partial charge on any atom is 0.339 e. The Hall–Kier alpha value is -3.18. The van der Waals surface area contributed by atoms with Crippen LogP contribution in [-0.2, 0) is 35.6 Å². The largest absolute Gasteiger partial charge is 0.486 e. The number of nitrogens with zero attached hydrogens (tertiary/aromatic N) is 4. The van der Waals surface area contributed by atoms with Crippen LogP contribution in [0.25, 0.3) is 0 Å². The Kier molecular flexibility index (Phi) is 7.56. The molecular weight excluding hydrogens is 544 g/mol. The molecule has 1 unspecified atom stereocenters. The van der Waals surface area contributed by atoms with E-state index in [-0.39, 0.29) is 28.9 Å². The van der Waals surface area contributed by atoms with Gasteiger partial charge in [0.2, 0.25) is 0 Å². The SMILES string of the molecule is CCc1ccc2c(c1)CCC(C1CC1)N2S(=O)(=O)c1ccc(OCc2nnn(C[Si](C)(C)C)c2C)c(C(=O)O)c1. The van der Waals surface area contributed by atoms with E-state index in [1.165, 1.54) is 23.8 Å². The van der Waals surface area contributed by atoms with Gasteiger partial charge >= 0.3 is 5.97 Å². The number of aryl methyl sites for hydroxylation is 2. The van der Waals surface area contributed by atoms with Gasteiger partial charge in [-0.1, -0.05) is 43.9 Å². The van der Waals surface area contributed by atoms with Crippen LogP contribution >= 0.6 is 0 Å². The molecule has 0 spiro atoms. The van der Waals surface area contributed by atoms with Crippen molar-refractivity contribution >= 4 is 29.8 Å². The summed E-state index contributed by atoms with van der Waals surface area (Å²) in [7, 11) is -5.44. The van der Waals surface area contributed by atoms with Gasteiger partial charge in [-0.15, -0.1) is 5.10 Å². The number of aromatic nitrogens is 3. The first-order valence-corrected chi connectivity index (χ1v) is 19.1. The molecule has 2 aliphatic rings. The summed E-state index contributed by atoms with van der Waals surface area (Å²) in [6.45, 7) is 10.8. The maximum atomic E-state index is 14.1. The summed E-state index contributed by atoms with van der Waals surface area (Å²) in [5, 5.41) is 18.5. The van der Waals surface area contributed by atoms with Gasteiger partial charge in [-0.3, -0.25) is 8.99 Å². The summed E-state index contributed by atoms with van der Waals surface area (Å²) < 4.78 is 37.6. The molecule has 214 valence electrons. The van der Waals surface area contributed by atoms with E-state index < -0.39 is 24.1 Å². The van der Waals surface area contributed by atoms with E-state index in [0.717, 1.165) is 49.5 Å². The van der Waals surface area contributed by atoms with Crippen LogP contribution in [0.4, 0.5) is 5.69 Å². The van der Waals surface area contributed by atoms with Crippen LogP contribution in [-0.4, -0.2) is 48.6 Å². The molecule has 5 rings (SSSR count). The zero-order valence-electron chi connectivity index (χ0n) is 23.8. The zero-order valence-corrected chi connectivity index (χ0v) is 25.7. The average Bonchev–Trinajstić information content (AvgIpc) is 3.70. The fraction of sp³-hybridized carbons (Fsp3) is 0.483. The van der Waals surface area contributed by atoms with Crippen LogP contribution in [0.3, 0.4) is 0 Å². The molecule has 2 heterocycles. The van der Waals surface area contributed by atoms with Gasteiger partial charge in [0.1, 0.15) is 23.6 Å². The molecular formula is C29H38N4O5SSi.